The Labute approximate surface area is 88.4 Å². The first kappa shape index (κ1) is 9.60. The van der Waals surface area contributed by atoms with Crippen LogP contribution in [0.2, 0.25) is 0 Å². The third-order valence-electron chi connectivity index (χ3n) is 2.31. The molecule has 1 aromatic rings. The molecule has 15 heavy (non-hydrogen) atoms. The van der Waals surface area contributed by atoms with Crippen LogP contribution < -0.4 is 5.32 Å². The van der Waals surface area contributed by atoms with Crippen LogP contribution >= 0.6 is 0 Å². The summed E-state index contributed by atoms with van der Waals surface area (Å²) in [5.74, 6) is 4.68. The van der Waals surface area contributed by atoms with E-state index in [1.165, 1.54) is 18.4 Å². The zero-order valence-corrected chi connectivity index (χ0v) is 8.46. The predicted molar refractivity (Wildman–Crippen MR) is 57.5 cm³/mol. The number of hydrogen-bond donors (Lipinski definition) is 1. The number of esters is 1. The zero-order chi connectivity index (χ0) is 10.7. The first-order valence-corrected chi connectivity index (χ1v) is 4.76. The Hall–Kier alpha value is -1.95. The summed E-state index contributed by atoms with van der Waals surface area (Å²) in [6.45, 7) is 0.975. The number of anilines is 1. The Balaban J connectivity index is 2.22. The number of carbonyl (C=O) groups excluding carboxylic acids is 1. The summed E-state index contributed by atoms with van der Waals surface area (Å²) >= 11 is 0. The monoisotopic (exact) mass is 201 g/mol. The van der Waals surface area contributed by atoms with E-state index in [0.717, 1.165) is 18.5 Å². The molecular weight excluding hydrogens is 190 g/mol. The van der Waals surface area contributed by atoms with E-state index in [4.69, 9.17) is 0 Å². The van der Waals surface area contributed by atoms with E-state index < -0.39 is 5.97 Å². The lowest BCUT2D eigenvalue weighted by atomic mass is 10.1. The van der Waals surface area contributed by atoms with Crippen LogP contribution in [0.4, 0.5) is 5.69 Å². The van der Waals surface area contributed by atoms with Crippen LogP contribution in [0.15, 0.2) is 18.2 Å². The number of hydrogen-bond acceptors (Lipinski definition) is 3. The molecular formula is C12H11NO2. The van der Waals surface area contributed by atoms with Gasteiger partial charge in [0.05, 0.1) is 7.11 Å². The minimum atomic E-state index is -0.506. The largest absolute Gasteiger partial charge is 0.459 e. The van der Waals surface area contributed by atoms with E-state index in [2.05, 4.69) is 21.9 Å². The Bertz CT molecular complexity index is 454. The van der Waals surface area contributed by atoms with Gasteiger partial charge in [-0.1, -0.05) is 5.92 Å². The van der Waals surface area contributed by atoms with Gasteiger partial charge in [0.2, 0.25) is 0 Å². The molecule has 3 heteroatoms. The van der Waals surface area contributed by atoms with Crippen LogP contribution in [0.5, 0.6) is 0 Å². The second kappa shape index (κ2) is 4.05. The number of rotatable bonds is 0. The maximum absolute atomic E-state index is 10.8. The lowest BCUT2D eigenvalue weighted by molar-refractivity contribution is -0.133. The number of nitrogens with one attached hydrogen (secondary N) is 1. The van der Waals surface area contributed by atoms with E-state index >= 15 is 0 Å². The van der Waals surface area contributed by atoms with Crippen molar-refractivity contribution in [2.24, 2.45) is 0 Å². The second-order valence-corrected chi connectivity index (χ2v) is 3.29. The standard InChI is InChI=1S/C12H11NO2/c1-15-12(14)5-3-9-2-4-11-10(8-9)6-7-13-11/h2,4,8,13H,6-7H2,1H3. The Morgan fingerprint density at radius 2 is 2.40 bits per heavy atom. The summed E-state index contributed by atoms with van der Waals surface area (Å²) in [4.78, 5) is 10.8. The summed E-state index contributed by atoms with van der Waals surface area (Å²) in [6.07, 6.45) is 1.02. The highest BCUT2D eigenvalue weighted by atomic mass is 16.5. The lowest BCUT2D eigenvalue weighted by Crippen LogP contribution is -1.94. The maximum Gasteiger partial charge on any atom is 0.384 e. The summed E-state index contributed by atoms with van der Waals surface area (Å²) in [6, 6.07) is 5.89. The van der Waals surface area contributed by atoms with Crippen molar-refractivity contribution in [3.8, 4) is 11.8 Å². The molecule has 0 saturated carbocycles. The number of ether oxygens (including phenoxy) is 1. The van der Waals surface area contributed by atoms with Crippen molar-refractivity contribution in [3.05, 3.63) is 29.3 Å². The number of carbonyl (C=O) groups is 1. The molecule has 0 spiro atoms. The highest BCUT2D eigenvalue weighted by Gasteiger charge is 2.08. The molecule has 0 atom stereocenters. The van der Waals surface area contributed by atoms with Gasteiger partial charge in [-0.25, -0.2) is 4.79 Å². The molecule has 0 bridgehead atoms. The molecule has 2 rings (SSSR count). The number of fused-ring (bicyclic) bond motifs is 1. The first-order chi connectivity index (χ1) is 7.29. The van der Waals surface area contributed by atoms with Gasteiger partial charge >= 0.3 is 5.97 Å². The van der Waals surface area contributed by atoms with Gasteiger partial charge in [0.25, 0.3) is 0 Å². The Morgan fingerprint density at radius 1 is 1.53 bits per heavy atom. The Kier molecular flexibility index (Phi) is 2.59. The Morgan fingerprint density at radius 3 is 3.20 bits per heavy atom. The fourth-order valence-corrected chi connectivity index (χ4v) is 1.56. The van der Waals surface area contributed by atoms with Crippen molar-refractivity contribution in [1.82, 2.24) is 0 Å². The van der Waals surface area contributed by atoms with Crippen molar-refractivity contribution in [2.75, 3.05) is 19.0 Å². The second-order valence-electron chi connectivity index (χ2n) is 3.29. The van der Waals surface area contributed by atoms with Gasteiger partial charge in [-0.05, 0) is 30.2 Å². The summed E-state index contributed by atoms with van der Waals surface area (Å²) in [5, 5.41) is 3.26. The quantitative estimate of drug-likeness (QED) is 0.506. The third-order valence-corrected chi connectivity index (χ3v) is 2.31. The van der Waals surface area contributed by atoms with Crippen LogP contribution in [0.1, 0.15) is 11.1 Å². The fraction of sp³-hybridized carbons (Fsp3) is 0.250. The first-order valence-electron chi connectivity index (χ1n) is 4.76. The molecule has 0 saturated heterocycles. The maximum atomic E-state index is 10.8. The highest BCUT2D eigenvalue weighted by Crippen LogP contribution is 2.22. The molecule has 1 aliphatic rings. The van der Waals surface area contributed by atoms with Gasteiger partial charge in [-0.15, -0.1) is 0 Å². The molecule has 3 nitrogen and oxygen atoms in total. The molecule has 0 unspecified atom stereocenters. The fourth-order valence-electron chi connectivity index (χ4n) is 1.56. The van der Waals surface area contributed by atoms with Gasteiger partial charge in [0, 0.05) is 23.7 Å². The highest BCUT2D eigenvalue weighted by molar-refractivity contribution is 5.89. The van der Waals surface area contributed by atoms with E-state index in [-0.39, 0.29) is 0 Å². The number of methoxy groups -OCH3 is 1. The lowest BCUT2D eigenvalue weighted by Gasteiger charge is -1.98. The van der Waals surface area contributed by atoms with Crippen molar-refractivity contribution in [1.29, 1.82) is 0 Å². The molecule has 0 fully saturated rings. The molecule has 1 aromatic carbocycles. The molecule has 1 aliphatic heterocycles. The van der Waals surface area contributed by atoms with Crippen molar-refractivity contribution in [2.45, 2.75) is 6.42 Å². The van der Waals surface area contributed by atoms with Crippen LogP contribution in [0, 0.1) is 11.8 Å². The van der Waals surface area contributed by atoms with Crippen molar-refractivity contribution >= 4 is 11.7 Å². The van der Waals surface area contributed by atoms with E-state index in [1.54, 1.807) is 0 Å². The van der Waals surface area contributed by atoms with Gasteiger partial charge < -0.3 is 10.1 Å². The molecule has 1 heterocycles. The molecule has 1 N–H and O–H groups in total. The van der Waals surface area contributed by atoms with Gasteiger partial charge in [-0.2, -0.15) is 0 Å². The van der Waals surface area contributed by atoms with Crippen molar-refractivity contribution < 1.29 is 9.53 Å². The third kappa shape index (κ3) is 2.10. The summed E-state index contributed by atoms with van der Waals surface area (Å²) in [7, 11) is 1.32. The number of benzene rings is 1. The SMILES string of the molecule is COC(=O)C#Cc1ccc2c(c1)CCN2. The van der Waals surface area contributed by atoms with E-state index in [9.17, 15) is 4.79 Å². The zero-order valence-electron chi connectivity index (χ0n) is 8.46. The molecule has 0 amide bonds. The van der Waals surface area contributed by atoms with Crippen LogP contribution in [-0.4, -0.2) is 19.6 Å². The van der Waals surface area contributed by atoms with Crippen LogP contribution in [0.3, 0.4) is 0 Å². The average Bonchev–Trinajstić information content (AvgIpc) is 2.72. The van der Waals surface area contributed by atoms with Crippen molar-refractivity contribution in [3.63, 3.8) is 0 Å². The topological polar surface area (TPSA) is 38.3 Å². The minimum absolute atomic E-state index is 0.506. The molecule has 0 radical (unpaired) electrons. The molecule has 0 aliphatic carbocycles. The van der Waals surface area contributed by atoms with Crippen LogP contribution in [0.25, 0.3) is 0 Å². The summed E-state index contributed by atoms with van der Waals surface area (Å²) < 4.78 is 4.44. The van der Waals surface area contributed by atoms with Crippen LogP contribution in [-0.2, 0) is 16.0 Å². The van der Waals surface area contributed by atoms with Gasteiger partial charge in [0.15, 0.2) is 0 Å². The van der Waals surface area contributed by atoms with Gasteiger partial charge in [-0.3, -0.25) is 0 Å². The van der Waals surface area contributed by atoms with E-state index in [0.29, 0.717) is 0 Å². The smallest absolute Gasteiger partial charge is 0.384 e. The summed E-state index contributed by atoms with van der Waals surface area (Å²) in [5.41, 5.74) is 3.27. The molecule has 0 aromatic heterocycles. The van der Waals surface area contributed by atoms with Gasteiger partial charge in [0.1, 0.15) is 0 Å². The normalized spacial score (nSPS) is 12.1. The predicted octanol–water partition coefficient (Wildman–Crippen LogP) is 1.18. The minimum Gasteiger partial charge on any atom is -0.459 e. The van der Waals surface area contributed by atoms with E-state index in [1.807, 2.05) is 18.2 Å². The molecule has 76 valence electrons. The average molecular weight is 201 g/mol.